The molecule has 180 valence electrons. The van der Waals surface area contributed by atoms with Gasteiger partial charge in [0.2, 0.25) is 0 Å². The van der Waals surface area contributed by atoms with E-state index in [-0.39, 0.29) is 6.04 Å². The Labute approximate surface area is 210 Å². The van der Waals surface area contributed by atoms with Crippen molar-refractivity contribution >= 4 is 18.7 Å². The molecule has 0 saturated heterocycles. The van der Waals surface area contributed by atoms with Crippen LogP contribution in [-0.2, 0) is 4.65 Å². The van der Waals surface area contributed by atoms with Crippen molar-refractivity contribution in [1.82, 2.24) is 0 Å². The van der Waals surface area contributed by atoms with Crippen molar-refractivity contribution in [3.05, 3.63) is 108 Å². The van der Waals surface area contributed by atoms with E-state index in [0.717, 1.165) is 0 Å². The van der Waals surface area contributed by atoms with Gasteiger partial charge in [0.05, 0.1) is 23.3 Å². The van der Waals surface area contributed by atoms with E-state index < -0.39 is 11.2 Å². The van der Waals surface area contributed by atoms with Crippen LogP contribution < -0.4 is 4.90 Å². The summed E-state index contributed by atoms with van der Waals surface area (Å²) >= 11 is 0. The Morgan fingerprint density at radius 3 is 2.26 bits per heavy atom. The van der Waals surface area contributed by atoms with Crippen LogP contribution in [0.1, 0.15) is 51.7 Å². The van der Waals surface area contributed by atoms with Gasteiger partial charge in [-0.05, 0) is 56.4 Å². The van der Waals surface area contributed by atoms with Gasteiger partial charge in [0.15, 0.2) is 0 Å². The van der Waals surface area contributed by atoms with Crippen molar-refractivity contribution < 1.29 is 9.76 Å². The highest BCUT2D eigenvalue weighted by Gasteiger charge is 2.42. The summed E-state index contributed by atoms with van der Waals surface area (Å²) in [5.74, 6) is 0.678. The summed E-state index contributed by atoms with van der Waals surface area (Å²) in [4.78, 5) is 2.60. The first-order valence-corrected chi connectivity index (χ1v) is 12.7. The smallest absolute Gasteiger partial charge is 0.309 e. The Morgan fingerprint density at radius 1 is 0.857 bits per heavy atom. The van der Waals surface area contributed by atoms with E-state index in [9.17, 15) is 5.11 Å². The zero-order valence-electron chi connectivity index (χ0n) is 21.5. The molecule has 4 heteroatoms. The molecule has 1 aliphatic heterocycles. The van der Waals surface area contributed by atoms with Crippen LogP contribution in [0.3, 0.4) is 0 Å². The molecule has 2 aromatic carbocycles. The fourth-order valence-electron chi connectivity index (χ4n) is 5.31. The molecule has 35 heavy (non-hydrogen) atoms. The van der Waals surface area contributed by atoms with Gasteiger partial charge >= 0.3 is 7.48 Å². The van der Waals surface area contributed by atoms with E-state index in [2.05, 4.69) is 103 Å². The minimum Gasteiger partial charge on any atom is -0.427 e. The highest BCUT2D eigenvalue weighted by atomic mass is 16.5. The number of fused-ring (bicyclic) bond motifs is 3. The molecule has 0 radical (unpaired) electrons. The number of aliphatic hydroxyl groups is 1. The fourth-order valence-corrected chi connectivity index (χ4v) is 5.31. The summed E-state index contributed by atoms with van der Waals surface area (Å²) in [5, 5.41) is 10.5. The van der Waals surface area contributed by atoms with Gasteiger partial charge in [-0.15, -0.1) is 0 Å². The van der Waals surface area contributed by atoms with Gasteiger partial charge in [0.1, 0.15) is 0 Å². The zero-order chi connectivity index (χ0) is 24.8. The Bertz CT molecular complexity index is 1200. The van der Waals surface area contributed by atoms with Crippen LogP contribution >= 0.6 is 0 Å². The summed E-state index contributed by atoms with van der Waals surface area (Å²) in [5.41, 5.74) is 4.88. The summed E-state index contributed by atoms with van der Waals surface area (Å²) in [7, 11) is 0.488. The number of hydrogen-bond donors (Lipinski definition) is 1. The quantitative estimate of drug-likeness (QED) is 0.532. The van der Waals surface area contributed by atoms with Crippen molar-refractivity contribution in [1.29, 1.82) is 0 Å². The SMILES string of the molecule is CC1C=C(c2ccccc2)C=CC1N1c2ccccc2C2C=C(BOC(C)(C)C(C)(C)O)C=CC21. The lowest BCUT2D eigenvalue weighted by atomic mass is 9.76. The molecule has 1 N–H and O–H groups in total. The average Bonchev–Trinajstić information content (AvgIpc) is 3.16. The van der Waals surface area contributed by atoms with Crippen molar-refractivity contribution in [3.63, 3.8) is 0 Å². The van der Waals surface area contributed by atoms with Crippen molar-refractivity contribution in [2.45, 2.75) is 63.8 Å². The summed E-state index contributed by atoms with van der Waals surface area (Å²) < 4.78 is 6.18. The zero-order valence-corrected chi connectivity index (χ0v) is 21.5. The predicted molar refractivity (Wildman–Crippen MR) is 148 cm³/mol. The van der Waals surface area contributed by atoms with Crippen LogP contribution in [-0.4, -0.2) is 35.9 Å². The highest BCUT2D eigenvalue weighted by molar-refractivity contribution is 6.39. The van der Waals surface area contributed by atoms with Gasteiger partial charge in [0, 0.05) is 11.6 Å². The second kappa shape index (κ2) is 9.00. The van der Waals surface area contributed by atoms with Crippen molar-refractivity contribution in [2.24, 2.45) is 5.92 Å². The van der Waals surface area contributed by atoms with Crippen LogP contribution in [0.4, 0.5) is 5.69 Å². The molecule has 0 bridgehead atoms. The topological polar surface area (TPSA) is 32.7 Å². The summed E-state index contributed by atoms with van der Waals surface area (Å²) in [6.07, 6.45) is 14.0. The number of benzene rings is 2. The van der Waals surface area contributed by atoms with E-state index in [1.807, 2.05) is 13.8 Å². The van der Waals surface area contributed by atoms with E-state index in [1.54, 1.807) is 13.8 Å². The maximum absolute atomic E-state index is 10.5. The standard InChI is InChI=1S/C31H36BNO2/c1-21-19-23(22-11-7-6-8-12-22)15-17-27(21)33-28-14-10-9-13-25(28)26-20-24(16-18-29(26)33)32-35-31(4,5)30(2,3)34/h6-21,26-27,29,32,34H,1-5H3. The number of allylic oxidation sites excluding steroid dienone is 4. The van der Waals surface area contributed by atoms with Crippen LogP contribution in [0.2, 0.25) is 0 Å². The molecule has 0 saturated carbocycles. The van der Waals surface area contributed by atoms with E-state index in [4.69, 9.17) is 4.65 Å². The van der Waals surface area contributed by atoms with Crippen LogP contribution in [0.15, 0.2) is 96.5 Å². The lowest BCUT2D eigenvalue weighted by Crippen LogP contribution is -2.48. The molecular formula is C31H36BNO2. The van der Waals surface area contributed by atoms with Gasteiger partial charge in [-0.2, -0.15) is 0 Å². The third-order valence-corrected chi connectivity index (χ3v) is 8.12. The second-order valence-electron chi connectivity index (χ2n) is 11.1. The monoisotopic (exact) mass is 465 g/mol. The van der Waals surface area contributed by atoms with Gasteiger partial charge in [-0.1, -0.05) is 97.4 Å². The Morgan fingerprint density at radius 2 is 1.54 bits per heavy atom. The maximum Gasteiger partial charge on any atom is 0.309 e. The van der Waals surface area contributed by atoms with Crippen molar-refractivity contribution in [3.8, 4) is 0 Å². The fraction of sp³-hybridized carbons (Fsp3) is 0.355. The summed E-state index contributed by atoms with van der Waals surface area (Å²) in [6.45, 7) is 9.83. The lowest BCUT2D eigenvalue weighted by Gasteiger charge is -2.39. The molecule has 1 heterocycles. The van der Waals surface area contributed by atoms with Gasteiger partial charge in [0.25, 0.3) is 0 Å². The molecule has 2 aromatic rings. The molecule has 3 nitrogen and oxygen atoms in total. The second-order valence-corrected chi connectivity index (χ2v) is 11.1. The number of para-hydroxylation sites is 1. The largest absolute Gasteiger partial charge is 0.427 e. The molecule has 0 aromatic heterocycles. The molecule has 0 spiro atoms. The number of rotatable bonds is 6. The lowest BCUT2D eigenvalue weighted by molar-refractivity contribution is -0.0896. The molecule has 3 aliphatic rings. The highest BCUT2D eigenvalue weighted by Crippen LogP contribution is 2.47. The Hall–Kier alpha value is -2.82. The first kappa shape index (κ1) is 23.9. The van der Waals surface area contributed by atoms with E-state index in [0.29, 0.717) is 25.4 Å². The third kappa shape index (κ3) is 4.46. The minimum atomic E-state index is -0.916. The Balaban J connectivity index is 1.40. The van der Waals surface area contributed by atoms with Crippen LogP contribution in [0.25, 0.3) is 5.57 Å². The van der Waals surface area contributed by atoms with E-state index >= 15 is 0 Å². The molecular weight excluding hydrogens is 429 g/mol. The molecule has 0 fully saturated rings. The molecule has 4 unspecified atom stereocenters. The average molecular weight is 465 g/mol. The molecule has 5 rings (SSSR count). The maximum atomic E-state index is 10.5. The molecule has 4 atom stereocenters. The first-order valence-electron chi connectivity index (χ1n) is 12.7. The molecule has 2 aliphatic carbocycles. The van der Waals surface area contributed by atoms with Gasteiger partial charge in [-0.3, -0.25) is 0 Å². The van der Waals surface area contributed by atoms with Crippen LogP contribution in [0, 0.1) is 5.92 Å². The Kier molecular flexibility index (Phi) is 6.15. The molecule has 0 amide bonds. The minimum absolute atomic E-state index is 0.280. The number of hydrogen-bond acceptors (Lipinski definition) is 3. The first-order chi connectivity index (χ1) is 16.7. The van der Waals surface area contributed by atoms with Crippen molar-refractivity contribution in [2.75, 3.05) is 4.90 Å². The predicted octanol–water partition coefficient (Wildman–Crippen LogP) is 5.99. The summed E-state index contributed by atoms with van der Waals surface area (Å²) in [6, 6.07) is 20.0. The van der Waals surface area contributed by atoms with Crippen LogP contribution in [0.5, 0.6) is 0 Å². The normalized spacial score (nSPS) is 25.6. The van der Waals surface area contributed by atoms with Gasteiger partial charge < -0.3 is 14.7 Å². The number of nitrogens with zero attached hydrogens (tertiary/aromatic N) is 1. The number of anilines is 1. The third-order valence-electron chi connectivity index (χ3n) is 8.12. The van der Waals surface area contributed by atoms with Gasteiger partial charge in [-0.25, -0.2) is 0 Å². The van der Waals surface area contributed by atoms with E-state index in [1.165, 1.54) is 27.9 Å².